The Labute approximate surface area is 152 Å². The molecule has 0 saturated carbocycles. The number of nitrogens with two attached hydrogens (primary N) is 1. The first-order chi connectivity index (χ1) is 9.93. The third-order valence-corrected chi connectivity index (χ3v) is 3.50. The van der Waals surface area contributed by atoms with Gasteiger partial charge in [0.1, 0.15) is 0 Å². The lowest BCUT2D eigenvalue weighted by atomic mass is 10.0. The molecule has 1 atom stereocenters. The van der Waals surface area contributed by atoms with Crippen molar-refractivity contribution in [2.45, 2.75) is 33.2 Å². The molecule has 4 nitrogen and oxygen atoms in total. The molecular weight excluding hydrogens is 387 g/mol. The SMILES string of the molecule is CCc1ccc(C(CNC(N)=NCC(C)C)N(C)C)cc1.I. The fourth-order valence-corrected chi connectivity index (χ4v) is 2.11. The van der Waals surface area contributed by atoms with Crippen LogP contribution >= 0.6 is 24.0 Å². The molecule has 3 N–H and O–H groups in total. The zero-order valence-electron chi connectivity index (χ0n) is 14.5. The topological polar surface area (TPSA) is 53.6 Å². The van der Waals surface area contributed by atoms with E-state index in [1.807, 2.05) is 0 Å². The first kappa shape index (κ1) is 21.2. The lowest BCUT2D eigenvalue weighted by Crippen LogP contribution is -2.38. The third kappa shape index (κ3) is 7.45. The van der Waals surface area contributed by atoms with E-state index in [1.165, 1.54) is 11.1 Å². The Morgan fingerprint density at radius 1 is 1.23 bits per heavy atom. The van der Waals surface area contributed by atoms with Gasteiger partial charge in [0.2, 0.25) is 0 Å². The van der Waals surface area contributed by atoms with Gasteiger partial charge in [-0.3, -0.25) is 4.99 Å². The second-order valence-electron chi connectivity index (χ2n) is 6.08. The Kier molecular flexibility index (Phi) is 10.4. The van der Waals surface area contributed by atoms with Crippen molar-refractivity contribution >= 4 is 29.9 Å². The van der Waals surface area contributed by atoms with E-state index in [-0.39, 0.29) is 30.0 Å². The highest BCUT2D eigenvalue weighted by Gasteiger charge is 2.14. The molecule has 0 bridgehead atoms. The normalized spacial score (nSPS) is 13.1. The molecule has 5 heteroatoms. The molecule has 0 aliphatic rings. The summed E-state index contributed by atoms with van der Waals surface area (Å²) in [5, 5.41) is 3.23. The Morgan fingerprint density at radius 3 is 2.27 bits per heavy atom. The average Bonchev–Trinajstić information content (AvgIpc) is 2.45. The van der Waals surface area contributed by atoms with E-state index >= 15 is 0 Å². The number of halogens is 1. The molecule has 126 valence electrons. The number of hydrogen-bond acceptors (Lipinski definition) is 2. The number of nitrogens with zero attached hydrogens (tertiary/aromatic N) is 2. The van der Waals surface area contributed by atoms with Gasteiger partial charge in [0.15, 0.2) is 5.96 Å². The molecule has 1 aromatic carbocycles. The summed E-state index contributed by atoms with van der Waals surface area (Å²) >= 11 is 0. The maximum atomic E-state index is 5.91. The van der Waals surface area contributed by atoms with Crippen molar-refractivity contribution in [3.8, 4) is 0 Å². The largest absolute Gasteiger partial charge is 0.370 e. The predicted octanol–water partition coefficient (Wildman–Crippen LogP) is 3.03. The van der Waals surface area contributed by atoms with Gasteiger partial charge < -0.3 is 16.0 Å². The molecule has 0 fully saturated rings. The lowest BCUT2D eigenvalue weighted by Gasteiger charge is -2.25. The minimum absolute atomic E-state index is 0. The molecule has 1 unspecified atom stereocenters. The summed E-state index contributed by atoms with van der Waals surface area (Å²) in [4.78, 5) is 6.54. The quantitative estimate of drug-likeness (QED) is 0.407. The lowest BCUT2D eigenvalue weighted by molar-refractivity contribution is 0.298. The number of rotatable bonds is 7. The van der Waals surface area contributed by atoms with Crippen LogP contribution in [0.1, 0.15) is 37.9 Å². The van der Waals surface area contributed by atoms with Crippen LogP contribution in [0.2, 0.25) is 0 Å². The number of hydrogen-bond donors (Lipinski definition) is 2. The van der Waals surface area contributed by atoms with Gasteiger partial charge >= 0.3 is 0 Å². The molecule has 0 heterocycles. The molecule has 0 aliphatic heterocycles. The van der Waals surface area contributed by atoms with Crippen LogP contribution in [-0.4, -0.2) is 38.0 Å². The summed E-state index contributed by atoms with van der Waals surface area (Å²) in [5.74, 6) is 1.05. The van der Waals surface area contributed by atoms with Crippen molar-refractivity contribution in [3.05, 3.63) is 35.4 Å². The molecule has 0 amide bonds. The highest BCUT2D eigenvalue weighted by atomic mass is 127. The molecule has 22 heavy (non-hydrogen) atoms. The van der Waals surface area contributed by atoms with Gasteiger partial charge in [-0.2, -0.15) is 0 Å². The zero-order valence-corrected chi connectivity index (χ0v) is 16.8. The number of guanidine groups is 1. The van der Waals surface area contributed by atoms with Gasteiger partial charge in [-0.05, 0) is 37.6 Å². The molecular formula is C17H31IN4. The molecule has 0 aliphatic carbocycles. The zero-order chi connectivity index (χ0) is 15.8. The van der Waals surface area contributed by atoms with Gasteiger partial charge in [-0.1, -0.05) is 45.0 Å². The van der Waals surface area contributed by atoms with Crippen LogP contribution in [0.15, 0.2) is 29.3 Å². The number of aryl methyl sites for hydroxylation is 1. The van der Waals surface area contributed by atoms with Crippen LogP contribution < -0.4 is 11.1 Å². The van der Waals surface area contributed by atoms with Gasteiger partial charge in [0.25, 0.3) is 0 Å². The third-order valence-electron chi connectivity index (χ3n) is 3.50. The fourth-order valence-electron chi connectivity index (χ4n) is 2.11. The van der Waals surface area contributed by atoms with E-state index < -0.39 is 0 Å². The van der Waals surface area contributed by atoms with Gasteiger partial charge in [0, 0.05) is 13.1 Å². The molecule has 0 saturated heterocycles. The number of aliphatic imine (C=N–C) groups is 1. The van der Waals surface area contributed by atoms with Gasteiger partial charge in [-0.25, -0.2) is 0 Å². The van der Waals surface area contributed by atoms with Gasteiger partial charge in [-0.15, -0.1) is 24.0 Å². The van der Waals surface area contributed by atoms with Crippen molar-refractivity contribution in [1.82, 2.24) is 10.2 Å². The van der Waals surface area contributed by atoms with Crippen LogP contribution in [0.3, 0.4) is 0 Å². The summed E-state index contributed by atoms with van der Waals surface area (Å²) in [6.45, 7) is 7.96. The Hall–Kier alpha value is -0.820. The Bertz CT molecular complexity index is 440. The van der Waals surface area contributed by atoms with Crippen molar-refractivity contribution < 1.29 is 0 Å². The molecule has 1 rings (SSSR count). The van der Waals surface area contributed by atoms with Crippen LogP contribution in [-0.2, 0) is 6.42 Å². The smallest absolute Gasteiger partial charge is 0.188 e. The van der Waals surface area contributed by atoms with E-state index in [0.717, 1.165) is 19.5 Å². The standard InChI is InChI=1S/C17H30N4.HI/c1-6-14-7-9-15(10-8-14)16(21(4)5)12-20-17(18)19-11-13(2)3;/h7-10,13,16H,6,11-12H2,1-5H3,(H3,18,19,20);1H. The Balaban J connectivity index is 0.00000441. The fraction of sp³-hybridized carbons (Fsp3) is 0.588. The van der Waals surface area contributed by atoms with Crippen LogP contribution in [0.25, 0.3) is 0 Å². The van der Waals surface area contributed by atoms with E-state index in [2.05, 4.69) is 74.3 Å². The summed E-state index contributed by atoms with van der Waals surface area (Å²) in [6.07, 6.45) is 1.07. The minimum atomic E-state index is 0. The van der Waals surface area contributed by atoms with Crippen LogP contribution in [0.5, 0.6) is 0 Å². The minimum Gasteiger partial charge on any atom is -0.370 e. The number of benzene rings is 1. The maximum absolute atomic E-state index is 5.91. The summed E-state index contributed by atoms with van der Waals surface area (Å²) in [7, 11) is 4.17. The summed E-state index contributed by atoms with van der Waals surface area (Å²) in [6, 6.07) is 9.08. The van der Waals surface area contributed by atoms with E-state index in [9.17, 15) is 0 Å². The van der Waals surface area contributed by atoms with E-state index in [0.29, 0.717) is 11.9 Å². The van der Waals surface area contributed by atoms with Crippen LogP contribution in [0.4, 0.5) is 0 Å². The average molecular weight is 418 g/mol. The highest BCUT2D eigenvalue weighted by molar-refractivity contribution is 14.0. The second kappa shape index (κ2) is 10.8. The molecule has 1 aromatic rings. The monoisotopic (exact) mass is 418 g/mol. The first-order valence-electron chi connectivity index (χ1n) is 7.73. The van der Waals surface area contributed by atoms with Crippen molar-refractivity contribution in [1.29, 1.82) is 0 Å². The predicted molar refractivity (Wildman–Crippen MR) is 107 cm³/mol. The first-order valence-corrected chi connectivity index (χ1v) is 7.73. The van der Waals surface area contributed by atoms with Crippen LogP contribution in [0, 0.1) is 5.92 Å². The highest BCUT2D eigenvalue weighted by Crippen LogP contribution is 2.18. The van der Waals surface area contributed by atoms with Gasteiger partial charge in [0.05, 0.1) is 6.04 Å². The van der Waals surface area contributed by atoms with E-state index in [4.69, 9.17) is 5.73 Å². The molecule has 0 radical (unpaired) electrons. The Morgan fingerprint density at radius 2 is 1.82 bits per heavy atom. The van der Waals surface area contributed by atoms with E-state index in [1.54, 1.807) is 0 Å². The van der Waals surface area contributed by atoms with Crippen molar-refractivity contribution in [2.75, 3.05) is 27.2 Å². The van der Waals surface area contributed by atoms with Crippen molar-refractivity contribution in [3.63, 3.8) is 0 Å². The number of likely N-dealkylation sites (N-methyl/N-ethyl adjacent to an activating group) is 1. The number of nitrogens with one attached hydrogen (secondary N) is 1. The second-order valence-corrected chi connectivity index (χ2v) is 6.08. The maximum Gasteiger partial charge on any atom is 0.188 e. The molecule has 0 aromatic heterocycles. The van der Waals surface area contributed by atoms with Crippen molar-refractivity contribution in [2.24, 2.45) is 16.6 Å². The molecule has 0 spiro atoms. The summed E-state index contributed by atoms with van der Waals surface area (Å²) < 4.78 is 0. The summed E-state index contributed by atoms with van der Waals surface area (Å²) in [5.41, 5.74) is 8.57.